The monoisotopic (exact) mass is 324 g/mol. The smallest absolute Gasteiger partial charge is 0.339 e. The SMILES string of the molecule is CC1CCCCC12CCc1cc3c4c(c(=O)oc3cc1O2)CCC4. The van der Waals surface area contributed by atoms with Crippen molar-refractivity contribution in [3.8, 4) is 5.75 Å². The first-order valence-electron chi connectivity index (χ1n) is 9.47. The second kappa shape index (κ2) is 5.11. The molecule has 1 fully saturated rings. The Labute approximate surface area is 142 Å². The molecule has 2 aromatic rings. The average Bonchev–Trinajstić information content (AvgIpc) is 3.07. The quantitative estimate of drug-likeness (QED) is 0.667. The number of fused-ring (bicyclic) bond motifs is 4. The molecule has 1 aromatic carbocycles. The van der Waals surface area contributed by atoms with Crippen LogP contribution in [0.25, 0.3) is 11.0 Å². The summed E-state index contributed by atoms with van der Waals surface area (Å²) in [5.74, 6) is 1.55. The molecule has 1 aliphatic heterocycles. The predicted octanol–water partition coefficient (Wildman–Crippen LogP) is 4.56. The van der Waals surface area contributed by atoms with Crippen molar-refractivity contribution in [2.24, 2.45) is 5.92 Å². The number of hydrogen-bond acceptors (Lipinski definition) is 3. The van der Waals surface area contributed by atoms with Crippen LogP contribution in [0.4, 0.5) is 0 Å². The Hall–Kier alpha value is -1.77. The Morgan fingerprint density at radius 2 is 1.92 bits per heavy atom. The minimum absolute atomic E-state index is 0.00402. The van der Waals surface area contributed by atoms with Gasteiger partial charge in [-0.15, -0.1) is 0 Å². The molecule has 2 atom stereocenters. The zero-order valence-electron chi connectivity index (χ0n) is 14.3. The summed E-state index contributed by atoms with van der Waals surface area (Å²) in [6.45, 7) is 2.33. The molecule has 5 rings (SSSR count). The van der Waals surface area contributed by atoms with Gasteiger partial charge in [0.25, 0.3) is 0 Å². The summed E-state index contributed by atoms with van der Waals surface area (Å²) < 4.78 is 12.2. The predicted molar refractivity (Wildman–Crippen MR) is 93.8 cm³/mol. The molecule has 0 bridgehead atoms. The summed E-state index contributed by atoms with van der Waals surface area (Å²) >= 11 is 0. The van der Waals surface area contributed by atoms with E-state index in [0.717, 1.165) is 55.2 Å². The standard InChI is InChI=1S/C21H24O3/c1-13-5-2-3-9-21(13)10-8-14-11-17-15-6-4-7-16(15)20(22)23-19(17)12-18(14)24-21/h11-13H,2-10H2,1H3. The van der Waals surface area contributed by atoms with Gasteiger partial charge in [0.15, 0.2) is 0 Å². The Kier molecular flexibility index (Phi) is 3.10. The molecule has 0 amide bonds. The fourth-order valence-electron chi connectivity index (χ4n) is 5.17. The molecule has 1 saturated carbocycles. The van der Waals surface area contributed by atoms with Crippen LogP contribution >= 0.6 is 0 Å². The van der Waals surface area contributed by atoms with Gasteiger partial charge in [-0.05, 0) is 74.5 Å². The zero-order valence-corrected chi connectivity index (χ0v) is 14.3. The van der Waals surface area contributed by atoms with Crippen molar-refractivity contribution in [1.29, 1.82) is 0 Å². The van der Waals surface area contributed by atoms with Crippen LogP contribution in [0.3, 0.4) is 0 Å². The molecule has 0 radical (unpaired) electrons. The van der Waals surface area contributed by atoms with Crippen molar-refractivity contribution in [3.63, 3.8) is 0 Å². The molecule has 0 saturated heterocycles. The second-order valence-corrected chi connectivity index (χ2v) is 7.97. The largest absolute Gasteiger partial charge is 0.487 e. The van der Waals surface area contributed by atoms with Gasteiger partial charge in [0, 0.05) is 17.0 Å². The third kappa shape index (κ3) is 2.00. The number of benzene rings is 1. The first-order chi connectivity index (χ1) is 11.7. The zero-order chi connectivity index (χ0) is 16.3. The summed E-state index contributed by atoms with van der Waals surface area (Å²) in [5, 5.41) is 1.14. The highest BCUT2D eigenvalue weighted by Crippen LogP contribution is 2.46. The van der Waals surface area contributed by atoms with Crippen molar-refractivity contribution in [2.75, 3.05) is 0 Å². The lowest BCUT2D eigenvalue weighted by molar-refractivity contribution is -0.0331. The third-order valence-corrected chi connectivity index (χ3v) is 6.67. The van der Waals surface area contributed by atoms with Gasteiger partial charge in [0.2, 0.25) is 0 Å². The summed E-state index contributed by atoms with van der Waals surface area (Å²) in [6.07, 6.45) is 10.1. The molecule has 24 heavy (non-hydrogen) atoms. The molecule has 1 spiro atoms. The minimum Gasteiger partial charge on any atom is -0.487 e. The van der Waals surface area contributed by atoms with Crippen LogP contribution < -0.4 is 10.4 Å². The molecule has 3 nitrogen and oxygen atoms in total. The molecule has 2 unspecified atom stereocenters. The first kappa shape index (κ1) is 14.6. The van der Waals surface area contributed by atoms with Crippen LogP contribution in [0.1, 0.15) is 62.1 Å². The molecular formula is C21H24O3. The molecule has 3 aliphatic rings. The first-order valence-corrected chi connectivity index (χ1v) is 9.47. The van der Waals surface area contributed by atoms with E-state index in [-0.39, 0.29) is 11.2 Å². The Morgan fingerprint density at radius 1 is 1.04 bits per heavy atom. The fourth-order valence-corrected chi connectivity index (χ4v) is 5.17. The van der Waals surface area contributed by atoms with Crippen molar-refractivity contribution in [2.45, 2.75) is 70.3 Å². The lowest BCUT2D eigenvalue weighted by Gasteiger charge is -2.46. The van der Waals surface area contributed by atoms with Gasteiger partial charge in [0.1, 0.15) is 16.9 Å². The highest BCUT2D eigenvalue weighted by atomic mass is 16.5. The molecular weight excluding hydrogens is 300 g/mol. The number of ether oxygens (including phenoxy) is 1. The van der Waals surface area contributed by atoms with Crippen molar-refractivity contribution >= 4 is 11.0 Å². The van der Waals surface area contributed by atoms with E-state index >= 15 is 0 Å². The minimum atomic E-state index is -0.147. The van der Waals surface area contributed by atoms with Crippen LogP contribution in [0.5, 0.6) is 5.75 Å². The van der Waals surface area contributed by atoms with Gasteiger partial charge in [-0.1, -0.05) is 13.3 Å². The third-order valence-electron chi connectivity index (χ3n) is 6.67. The summed E-state index contributed by atoms with van der Waals surface area (Å²) in [7, 11) is 0. The normalized spacial score (nSPS) is 28.6. The van der Waals surface area contributed by atoms with E-state index < -0.39 is 0 Å². The van der Waals surface area contributed by atoms with Crippen molar-refractivity contribution in [1.82, 2.24) is 0 Å². The van der Waals surface area contributed by atoms with E-state index in [1.54, 1.807) is 0 Å². The maximum absolute atomic E-state index is 12.2. The van der Waals surface area contributed by atoms with Crippen LogP contribution in [0.15, 0.2) is 21.3 Å². The van der Waals surface area contributed by atoms with E-state index in [1.165, 1.54) is 30.4 Å². The van der Waals surface area contributed by atoms with E-state index in [9.17, 15) is 4.79 Å². The van der Waals surface area contributed by atoms with Crippen LogP contribution in [-0.2, 0) is 19.3 Å². The second-order valence-electron chi connectivity index (χ2n) is 7.97. The van der Waals surface area contributed by atoms with Crippen LogP contribution in [0, 0.1) is 5.92 Å². The van der Waals surface area contributed by atoms with E-state index in [0.29, 0.717) is 11.5 Å². The van der Waals surface area contributed by atoms with Gasteiger partial charge >= 0.3 is 5.63 Å². The molecule has 126 valence electrons. The summed E-state index contributed by atoms with van der Waals surface area (Å²) in [4.78, 5) is 12.2. The molecule has 2 aliphatic carbocycles. The van der Waals surface area contributed by atoms with Crippen LogP contribution in [-0.4, -0.2) is 5.60 Å². The van der Waals surface area contributed by atoms with Gasteiger partial charge in [-0.3, -0.25) is 0 Å². The van der Waals surface area contributed by atoms with Crippen molar-refractivity contribution in [3.05, 3.63) is 39.2 Å². The van der Waals surface area contributed by atoms with Gasteiger partial charge in [0.05, 0.1) is 0 Å². The van der Waals surface area contributed by atoms with E-state index in [4.69, 9.17) is 9.15 Å². The lowest BCUT2D eigenvalue weighted by atomic mass is 9.72. The molecule has 3 heteroatoms. The Bertz CT molecular complexity index is 879. The maximum Gasteiger partial charge on any atom is 0.339 e. The molecule has 0 N–H and O–H groups in total. The van der Waals surface area contributed by atoms with Crippen LogP contribution in [0.2, 0.25) is 0 Å². The van der Waals surface area contributed by atoms with E-state index in [1.807, 2.05) is 6.07 Å². The van der Waals surface area contributed by atoms with Gasteiger partial charge in [-0.25, -0.2) is 4.79 Å². The number of rotatable bonds is 0. The summed E-state index contributed by atoms with van der Waals surface area (Å²) in [5.41, 5.74) is 3.96. The fraction of sp³-hybridized carbons (Fsp3) is 0.571. The van der Waals surface area contributed by atoms with Gasteiger partial charge < -0.3 is 9.15 Å². The Balaban J connectivity index is 1.64. The average molecular weight is 324 g/mol. The lowest BCUT2D eigenvalue weighted by Crippen LogP contribution is -2.47. The number of aryl methyl sites for hydroxylation is 2. The Morgan fingerprint density at radius 3 is 2.79 bits per heavy atom. The highest BCUT2D eigenvalue weighted by molar-refractivity contribution is 5.84. The molecule has 1 aromatic heterocycles. The van der Waals surface area contributed by atoms with Gasteiger partial charge in [-0.2, -0.15) is 0 Å². The van der Waals surface area contributed by atoms with E-state index in [2.05, 4.69) is 13.0 Å². The maximum atomic E-state index is 12.2. The van der Waals surface area contributed by atoms with Crippen molar-refractivity contribution < 1.29 is 9.15 Å². The highest BCUT2D eigenvalue weighted by Gasteiger charge is 2.43. The summed E-state index contributed by atoms with van der Waals surface area (Å²) in [6, 6.07) is 4.23. The molecule has 2 heterocycles. The number of hydrogen-bond donors (Lipinski definition) is 0. The topological polar surface area (TPSA) is 39.4 Å².